The summed E-state index contributed by atoms with van der Waals surface area (Å²) in [6, 6.07) is 0. The quantitative estimate of drug-likeness (QED) is 0.332. The van der Waals surface area contributed by atoms with Crippen LogP contribution >= 0.6 is 0 Å². The van der Waals surface area contributed by atoms with Crippen LogP contribution in [0.3, 0.4) is 0 Å². The predicted octanol–water partition coefficient (Wildman–Crippen LogP) is -3.32. The zero-order valence-corrected chi connectivity index (χ0v) is 14.8. The number of rotatable bonds is 3. The normalized spacial score (nSPS) is 22.1. The van der Waals surface area contributed by atoms with Crippen molar-refractivity contribution in [1.29, 1.82) is 0 Å². The second kappa shape index (κ2) is 11.2. The third kappa shape index (κ3) is 10.2. The fraction of sp³-hybridized carbons (Fsp3) is 0.400. The minimum atomic E-state index is -1.10. The Morgan fingerprint density at radius 1 is 1.19 bits per heavy atom. The van der Waals surface area contributed by atoms with Crippen LogP contribution in [0.15, 0.2) is 12.3 Å². The summed E-state index contributed by atoms with van der Waals surface area (Å²) in [6.45, 7) is 5.18. The molecule has 0 aromatic rings. The first-order valence-electron chi connectivity index (χ1n) is 4.54. The van der Waals surface area contributed by atoms with Crippen LogP contribution in [-0.4, -0.2) is 57.7 Å². The van der Waals surface area contributed by atoms with Crippen molar-refractivity contribution in [3.05, 3.63) is 12.3 Å². The summed E-state index contributed by atoms with van der Waals surface area (Å²) < 4.78 is 24.9. The first-order chi connectivity index (χ1) is 7.68. The van der Waals surface area contributed by atoms with Gasteiger partial charge in [-0.05, 0) is 13.5 Å². The third-order valence-corrected chi connectivity index (χ3v) is 6.56. The van der Waals surface area contributed by atoms with Crippen LogP contribution in [-0.2, 0) is 26.0 Å². The minimum absolute atomic E-state index is 0.201. The molecule has 1 aliphatic rings. The van der Waals surface area contributed by atoms with Crippen molar-refractivity contribution in [2.75, 3.05) is 6.61 Å². The smallest absolute Gasteiger partial charge is 0.370 e. The van der Waals surface area contributed by atoms with Gasteiger partial charge in [0.25, 0.3) is 40.0 Å². The molecule has 94 valence electrons. The number of hydrogen-bond acceptors (Lipinski definition) is 6. The monoisotopic (exact) mass is 300 g/mol. The molecule has 0 atom stereocenters. The molecule has 0 bridgehead atoms. The molecule has 0 aliphatic carbocycles. The van der Waals surface area contributed by atoms with Crippen LogP contribution in [0.1, 0.15) is 6.92 Å². The molecule has 0 saturated carbocycles. The molecular formula is C5H16O7Si4. The van der Waals surface area contributed by atoms with Crippen molar-refractivity contribution in [3.63, 3.8) is 0 Å². The average molecular weight is 301 g/mol. The first-order valence-corrected chi connectivity index (χ1v) is 9.16. The van der Waals surface area contributed by atoms with Gasteiger partial charge in [-0.25, -0.2) is 4.79 Å². The molecule has 1 heterocycles. The summed E-state index contributed by atoms with van der Waals surface area (Å²) in [5, 5.41) is 8.09. The maximum absolute atomic E-state index is 9.86. The van der Waals surface area contributed by atoms with Gasteiger partial charge in [0.15, 0.2) is 5.76 Å². The highest BCUT2D eigenvalue weighted by Crippen LogP contribution is 1.90. The summed E-state index contributed by atoms with van der Waals surface area (Å²) in [5.41, 5.74) is 0. The topological polar surface area (TPSA) is 83.5 Å². The van der Waals surface area contributed by atoms with E-state index in [9.17, 15) is 4.79 Å². The Bertz CT molecular complexity index is 189. The van der Waals surface area contributed by atoms with E-state index in [1.165, 1.54) is 0 Å². The van der Waals surface area contributed by atoms with Gasteiger partial charge in [0.05, 0.1) is 6.61 Å². The fourth-order valence-corrected chi connectivity index (χ4v) is 7.82. The molecule has 0 unspecified atom stereocenters. The SMILES string of the molecule is C=C(OCC)C(=O)O.O1[SiH2]O[SiH2]O[SiH2]O[SiH2]1. The van der Waals surface area contributed by atoms with Gasteiger partial charge < -0.3 is 26.3 Å². The van der Waals surface area contributed by atoms with Gasteiger partial charge >= 0.3 is 5.97 Å². The highest BCUT2D eigenvalue weighted by atomic mass is 28.4. The second-order valence-corrected chi connectivity index (χ2v) is 9.92. The van der Waals surface area contributed by atoms with Crippen molar-refractivity contribution in [1.82, 2.24) is 0 Å². The van der Waals surface area contributed by atoms with Crippen LogP contribution in [0.2, 0.25) is 0 Å². The number of carboxylic acid groups (broad SMARTS) is 1. The number of carboxylic acids is 1. The first kappa shape index (κ1) is 15.7. The van der Waals surface area contributed by atoms with Crippen LogP contribution < -0.4 is 0 Å². The van der Waals surface area contributed by atoms with Crippen molar-refractivity contribution < 1.29 is 31.1 Å². The van der Waals surface area contributed by atoms with Gasteiger partial charge in [-0.3, -0.25) is 0 Å². The molecule has 1 saturated heterocycles. The fourth-order valence-electron chi connectivity index (χ4n) is 0.608. The summed E-state index contributed by atoms with van der Waals surface area (Å²) in [5.74, 6) is -1.31. The van der Waals surface area contributed by atoms with Gasteiger partial charge in [-0.2, -0.15) is 0 Å². The summed E-state index contributed by atoms with van der Waals surface area (Å²) in [4.78, 5) is 9.86. The lowest BCUT2D eigenvalue weighted by molar-refractivity contribution is -0.136. The van der Waals surface area contributed by atoms with Crippen molar-refractivity contribution >= 4 is 46.0 Å². The lowest BCUT2D eigenvalue weighted by Gasteiger charge is -2.10. The van der Waals surface area contributed by atoms with Crippen LogP contribution in [0.25, 0.3) is 0 Å². The van der Waals surface area contributed by atoms with Crippen LogP contribution in [0, 0.1) is 0 Å². The Labute approximate surface area is 103 Å². The number of hydrogen-bond donors (Lipinski definition) is 1. The lowest BCUT2D eigenvalue weighted by Crippen LogP contribution is -2.23. The van der Waals surface area contributed by atoms with Crippen LogP contribution in [0.5, 0.6) is 0 Å². The molecule has 11 heteroatoms. The Hall–Kier alpha value is -0.282. The van der Waals surface area contributed by atoms with Gasteiger partial charge in [0.2, 0.25) is 0 Å². The van der Waals surface area contributed by atoms with Gasteiger partial charge in [0, 0.05) is 0 Å². The van der Waals surface area contributed by atoms with E-state index in [0.29, 0.717) is 6.61 Å². The highest BCUT2D eigenvalue weighted by molar-refractivity contribution is 6.50. The van der Waals surface area contributed by atoms with E-state index < -0.39 is 46.0 Å². The molecule has 0 aromatic carbocycles. The molecule has 1 N–H and O–H groups in total. The van der Waals surface area contributed by atoms with E-state index in [-0.39, 0.29) is 5.76 Å². The summed E-state index contributed by atoms with van der Waals surface area (Å²) in [7, 11) is -2.61. The van der Waals surface area contributed by atoms with E-state index in [1.807, 2.05) is 0 Å². The zero-order valence-electron chi connectivity index (χ0n) is 9.14. The van der Waals surface area contributed by atoms with E-state index >= 15 is 0 Å². The average Bonchev–Trinajstić information content (AvgIpc) is 2.17. The maximum atomic E-state index is 9.86. The molecule has 0 radical (unpaired) electrons. The van der Waals surface area contributed by atoms with Gasteiger partial charge in [0.1, 0.15) is 0 Å². The van der Waals surface area contributed by atoms with Crippen molar-refractivity contribution in [3.8, 4) is 0 Å². The Morgan fingerprint density at radius 3 is 1.75 bits per heavy atom. The Balaban J connectivity index is 0.000000281. The summed E-state index contributed by atoms with van der Waals surface area (Å²) >= 11 is 0. The van der Waals surface area contributed by atoms with Gasteiger partial charge in [-0.1, -0.05) is 0 Å². The van der Waals surface area contributed by atoms with Crippen molar-refractivity contribution in [2.24, 2.45) is 0 Å². The molecule has 0 amide bonds. The number of carbonyl (C=O) groups is 1. The maximum Gasteiger partial charge on any atom is 0.370 e. The highest BCUT2D eigenvalue weighted by Gasteiger charge is 2.00. The van der Waals surface area contributed by atoms with Crippen molar-refractivity contribution in [2.45, 2.75) is 6.92 Å². The lowest BCUT2D eigenvalue weighted by atomic mass is 10.6. The zero-order chi connectivity index (χ0) is 12.2. The second-order valence-electron chi connectivity index (χ2n) is 2.45. The predicted molar refractivity (Wildman–Crippen MR) is 66.9 cm³/mol. The van der Waals surface area contributed by atoms with E-state index in [1.54, 1.807) is 6.92 Å². The molecular weight excluding hydrogens is 284 g/mol. The molecule has 1 fully saturated rings. The Morgan fingerprint density at radius 2 is 1.56 bits per heavy atom. The molecule has 0 aromatic heterocycles. The standard InChI is InChI=1S/C5H8O3.H8O4Si4/c1-3-8-4(2)5(6)7;1-5-2-7-4-8-3-6-1/h2-3H2,1H3,(H,6,7);5-8H2. The minimum Gasteiger partial charge on any atom is -0.487 e. The van der Waals surface area contributed by atoms with E-state index in [0.717, 1.165) is 0 Å². The third-order valence-electron chi connectivity index (χ3n) is 1.22. The van der Waals surface area contributed by atoms with Gasteiger partial charge in [-0.15, -0.1) is 0 Å². The number of aliphatic carboxylic acids is 1. The molecule has 0 spiro atoms. The molecule has 1 aliphatic heterocycles. The molecule has 1 rings (SSSR count). The largest absolute Gasteiger partial charge is 0.487 e. The molecule has 16 heavy (non-hydrogen) atoms. The van der Waals surface area contributed by atoms with E-state index in [4.69, 9.17) is 21.6 Å². The van der Waals surface area contributed by atoms with E-state index in [2.05, 4.69) is 11.3 Å². The summed E-state index contributed by atoms with van der Waals surface area (Å²) in [6.07, 6.45) is 0. The Kier molecular flexibility index (Phi) is 11.0. The number of ether oxygens (including phenoxy) is 1. The van der Waals surface area contributed by atoms with Crippen LogP contribution in [0.4, 0.5) is 0 Å². The molecule has 7 nitrogen and oxygen atoms in total.